The predicted octanol–water partition coefficient (Wildman–Crippen LogP) is 0.760. The summed E-state index contributed by atoms with van der Waals surface area (Å²) in [6.45, 7) is 2.56. The largest absolute Gasteiger partial charge is 0.396 e. The predicted molar refractivity (Wildman–Crippen MR) is 79.1 cm³/mol. The first kappa shape index (κ1) is 16.9. The maximum absolute atomic E-state index is 12.0. The number of unbranched alkanes of at least 4 members (excludes halogenated alkanes) is 3. The van der Waals surface area contributed by atoms with Gasteiger partial charge in [-0.25, -0.2) is 0 Å². The summed E-state index contributed by atoms with van der Waals surface area (Å²) in [5.41, 5.74) is 2.61. The Hall–Kier alpha value is -1.11. The molecule has 0 saturated heterocycles. The van der Waals surface area contributed by atoms with Gasteiger partial charge in [-0.3, -0.25) is 9.89 Å². The molecule has 0 aliphatic carbocycles. The molecule has 114 valence electrons. The van der Waals surface area contributed by atoms with Gasteiger partial charge in [-0.15, -0.1) is 12.4 Å². The van der Waals surface area contributed by atoms with Crippen LogP contribution in [0.2, 0.25) is 0 Å². The third-order valence-corrected chi connectivity index (χ3v) is 3.39. The van der Waals surface area contributed by atoms with Crippen molar-refractivity contribution in [1.82, 2.24) is 20.8 Å². The topological polar surface area (TPSA) is 90.0 Å². The fourth-order valence-electron chi connectivity index (χ4n) is 2.29. The van der Waals surface area contributed by atoms with Gasteiger partial charge in [-0.2, -0.15) is 5.10 Å². The van der Waals surface area contributed by atoms with E-state index in [4.69, 9.17) is 5.11 Å². The van der Waals surface area contributed by atoms with E-state index in [1.54, 1.807) is 0 Å². The maximum Gasteiger partial charge on any atom is 0.272 e. The first-order chi connectivity index (χ1) is 9.33. The number of aliphatic hydroxyl groups excluding tert-OH is 1. The molecule has 0 atom stereocenters. The Morgan fingerprint density at radius 2 is 2.10 bits per heavy atom. The molecule has 2 rings (SSSR count). The molecule has 0 radical (unpaired) electrons. The first-order valence-electron chi connectivity index (χ1n) is 6.99. The second-order valence-electron chi connectivity index (χ2n) is 4.85. The summed E-state index contributed by atoms with van der Waals surface area (Å²) in [6.07, 6.45) is 4.72. The van der Waals surface area contributed by atoms with Crippen LogP contribution in [-0.2, 0) is 13.0 Å². The van der Waals surface area contributed by atoms with Crippen molar-refractivity contribution in [3.05, 3.63) is 17.0 Å². The van der Waals surface area contributed by atoms with Crippen molar-refractivity contribution in [3.8, 4) is 0 Å². The highest BCUT2D eigenvalue weighted by atomic mass is 35.5. The summed E-state index contributed by atoms with van der Waals surface area (Å²) in [6, 6.07) is 0. The number of carbonyl (C=O) groups excluding carboxylic acids is 1. The van der Waals surface area contributed by atoms with Crippen LogP contribution in [0.1, 0.15) is 47.4 Å². The fraction of sp³-hybridized carbons (Fsp3) is 0.692. The molecule has 1 aliphatic heterocycles. The Balaban J connectivity index is 0.00000200. The summed E-state index contributed by atoms with van der Waals surface area (Å²) >= 11 is 0. The molecule has 0 unspecified atom stereocenters. The number of fused-ring (bicyclic) bond motifs is 1. The lowest BCUT2D eigenvalue weighted by atomic mass is 10.1. The Labute approximate surface area is 125 Å². The van der Waals surface area contributed by atoms with Gasteiger partial charge in [0.1, 0.15) is 0 Å². The SMILES string of the molecule is Cl.O=C(NCCCCCCO)c1n[nH]c2c1CNCC2. The van der Waals surface area contributed by atoms with Gasteiger partial charge in [0.05, 0.1) is 0 Å². The molecule has 1 amide bonds. The molecule has 0 bridgehead atoms. The number of rotatable bonds is 7. The zero-order chi connectivity index (χ0) is 13.5. The average Bonchev–Trinajstić information content (AvgIpc) is 2.86. The summed E-state index contributed by atoms with van der Waals surface area (Å²) in [7, 11) is 0. The Morgan fingerprint density at radius 1 is 1.30 bits per heavy atom. The van der Waals surface area contributed by atoms with E-state index in [0.29, 0.717) is 18.8 Å². The minimum atomic E-state index is -0.0941. The Kier molecular flexibility index (Phi) is 7.58. The highest BCUT2D eigenvalue weighted by Crippen LogP contribution is 2.14. The quantitative estimate of drug-likeness (QED) is 0.560. The Morgan fingerprint density at radius 3 is 2.90 bits per heavy atom. The second-order valence-corrected chi connectivity index (χ2v) is 4.85. The molecule has 0 fully saturated rings. The number of aliphatic hydroxyl groups is 1. The molecule has 0 aromatic carbocycles. The second kappa shape index (κ2) is 8.94. The third kappa shape index (κ3) is 4.47. The van der Waals surface area contributed by atoms with E-state index in [1.807, 2.05) is 0 Å². The summed E-state index contributed by atoms with van der Waals surface area (Å²) in [5.74, 6) is -0.0941. The van der Waals surface area contributed by atoms with Crippen LogP contribution >= 0.6 is 12.4 Å². The number of hydrogen-bond donors (Lipinski definition) is 4. The van der Waals surface area contributed by atoms with Gasteiger partial charge in [0.15, 0.2) is 5.69 Å². The molecule has 1 aliphatic rings. The highest BCUT2D eigenvalue weighted by molar-refractivity contribution is 5.94. The number of nitrogens with zero attached hydrogens (tertiary/aromatic N) is 1. The van der Waals surface area contributed by atoms with Crippen molar-refractivity contribution in [2.75, 3.05) is 19.7 Å². The van der Waals surface area contributed by atoms with Crippen LogP contribution < -0.4 is 10.6 Å². The number of amides is 1. The molecule has 7 heteroatoms. The minimum absolute atomic E-state index is 0. The van der Waals surface area contributed by atoms with E-state index in [9.17, 15) is 4.79 Å². The van der Waals surface area contributed by atoms with Crippen LogP contribution in [0.25, 0.3) is 0 Å². The molecular formula is C13H23ClN4O2. The van der Waals surface area contributed by atoms with Gasteiger partial charge in [-0.1, -0.05) is 12.8 Å². The lowest BCUT2D eigenvalue weighted by Crippen LogP contribution is -2.29. The van der Waals surface area contributed by atoms with Gasteiger partial charge in [0.2, 0.25) is 0 Å². The maximum atomic E-state index is 12.0. The van der Waals surface area contributed by atoms with E-state index in [0.717, 1.165) is 49.9 Å². The molecule has 1 aromatic rings. The van der Waals surface area contributed by atoms with Crippen molar-refractivity contribution in [3.63, 3.8) is 0 Å². The Bertz CT molecular complexity index is 423. The van der Waals surface area contributed by atoms with E-state index in [2.05, 4.69) is 20.8 Å². The van der Waals surface area contributed by atoms with Crippen LogP contribution in [0.5, 0.6) is 0 Å². The molecule has 2 heterocycles. The van der Waals surface area contributed by atoms with E-state index < -0.39 is 0 Å². The van der Waals surface area contributed by atoms with Crippen molar-refractivity contribution < 1.29 is 9.90 Å². The number of aromatic nitrogens is 2. The number of nitrogens with one attached hydrogen (secondary N) is 3. The summed E-state index contributed by atoms with van der Waals surface area (Å²) < 4.78 is 0. The average molecular weight is 303 g/mol. The smallest absolute Gasteiger partial charge is 0.272 e. The minimum Gasteiger partial charge on any atom is -0.396 e. The standard InChI is InChI=1S/C13H22N4O2.ClH/c18-8-4-2-1-3-6-15-13(19)12-10-9-14-7-5-11(10)16-17-12;/h14,18H,1-9H2,(H,15,19)(H,16,17);1H. The summed E-state index contributed by atoms with van der Waals surface area (Å²) in [5, 5.41) is 21.9. The first-order valence-corrected chi connectivity index (χ1v) is 6.99. The lowest BCUT2D eigenvalue weighted by Gasteiger charge is -2.12. The van der Waals surface area contributed by atoms with Crippen molar-refractivity contribution >= 4 is 18.3 Å². The molecule has 6 nitrogen and oxygen atoms in total. The number of aromatic amines is 1. The van der Waals surface area contributed by atoms with Gasteiger partial charge in [0, 0.05) is 43.9 Å². The normalized spacial score (nSPS) is 13.4. The third-order valence-electron chi connectivity index (χ3n) is 3.39. The zero-order valence-electron chi connectivity index (χ0n) is 11.6. The van der Waals surface area contributed by atoms with Crippen molar-refractivity contribution in [2.24, 2.45) is 0 Å². The molecule has 20 heavy (non-hydrogen) atoms. The number of hydrogen-bond acceptors (Lipinski definition) is 4. The highest BCUT2D eigenvalue weighted by Gasteiger charge is 2.20. The summed E-state index contributed by atoms with van der Waals surface area (Å²) in [4.78, 5) is 12.0. The monoisotopic (exact) mass is 302 g/mol. The van der Waals surface area contributed by atoms with Crippen LogP contribution in [0, 0.1) is 0 Å². The molecular weight excluding hydrogens is 280 g/mol. The van der Waals surface area contributed by atoms with Crippen LogP contribution in [0.4, 0.5) is 0 Å². The van der Waals surface area contributed by atoms with Gasteiger partial charge < -0.3 is 15.7 Å². The van der Waals surface area contributed by atoms with E-state index >= 15 is 0 Å². The van der Waals surface area contributed by atoms with Crippen molar-refractivity contribution in [2.45, 2.75) is 38.6 Å². The van der Waals surface area contributed by atoms with Crippen LogP contribution in [-0.4, -0.2) is 40.9 Å². The number of H-pyrrole nitrogens is 1. The lowest BCUT2D eigenvalue weighted by molar-refractivity contribution is 0.0946. The van der Waals surface area contributed by atoms with Gasteiger partial charge in [-0.05, 0) is 12.8 Å². The van der Waals surface area contributed by atoms with E-state index in [-0.39, 0.29) is 24.9 Å². The molecule has 0 spiro atoms. The zero-order valence-corrected chi connectivity index (χ0v) is 12.4. The molecule has 0 saturated carbocycles. The number of carbonyl (C=O) groups is 1. The van der Waals surface area contributed by atoms with E-state index in [1.165, 1.54) is 0 Å². The van der Waals surface area contributed by atoms with Crippen molar-refractivity contribution in [1.29, 1.82) is 0 Å². The number of halogens is 1. The van der Waals surface area contributed by atoms with Gasteiger partial charge in [0.25, 0.3) is 5.91 Å². The van der Waals surface area contributed by atoms with Crippen LogP contribution in [0.15, 0.2) is 0 Å². The molecule has 4 N–H and O–H groups in total. The van der Waals surface area contributed by atoms with Crippen LogP contribution in [0.3, 0.4) is 0 Å². The molecule has 1 aromatic heterocycles. The van der Waals surface area contributed by atoms with Gasteiger partial charge >= 0.3 is 0 Å². The fourth-order valence-corrected chi connectivity index (χ4v) is 2.29.